The van der Waals surface area contributed by atoms with Gasteiger partial charge in [-0.05, 0) is 24.6 Å². The minimum Gasteiger partial charge on any atom is -0.365 e. The molecule has 0 saturated carbocycles. The number of benzene rings is 2. The lowest BCUT2D eigenvalue weighted by atomic mass is 9.99. The number of rotatable bonds is 4. The summed E-state index contributed by atoms with van der Waals surface area (Å²) in [5.74, 6) is -0.276. The van der Waals surface area contributed by atoms with Gasteiger partial charge in [-0.2, -0.15) is 0 Å². The number of hydrogen-bond donors (Lipinski definition) is 2. The normalized spacial score (nSPS) is 14.3. The van der Waals surface area contributed by atoms with Crippen molar-refractivity contribution in [3.05, 3.63) is 48.0 Å². The Morgan fingerprint density at radius 2 is 1.78 bits per heavy atom. The molecule has 0 radical (unpaired) electrons. The average molecular weight is 243 g/mol. The first-order valence-corrected chi connectivity index (χ1v) is 6.21. The molecule has 0 heterocycles. The second-order valence-electron chi connectivity index (χ2n) is 4.74. The SMILES string of the molecule is C[C@@H]([NH2+][C@H](C)c1cccc2ccccc12)C(N)=O. The van der Waals surface area contributed by atoms with E-state index in [4.69, 9.17) is 5.73 Å². The molecule has 0 saturated heterocycles. The van der Waals surface area contributed by atoms with E-state index in [-0.39, 0.29) is 18.0 Å². The lowest BCUT2D eigenvalue weighted by Gasteiger charge is -2.16. The summed E-state index contributed by atoms with van der Waals surface area (Å²) in [5, 5.41) is 4.46. The third-order valence-electron chi connectivity index (χ3n) is 3.34. The van der Waals surface area contributed by atoms with Crippen molar-refractivity contribution in [3.8, 4) is 0 Å². The highest BCUT2D eigenvalue weighted by Gasteiger charge is 2.18. The quantitative estimate of drug-likeness (QED) is 0.836. The third kappa shape index (κ3) is 2.51. The van der Waals surface area contributed by atoms with Crippen LogP contribution in [0.25, 0.3) is 10.8 Å². The van der Waals surface area contributed by atoms with Gasteiger partial charge in [-0.15, -0.1) is 0 Å². The lowest BCUT2D eigenvalue weighted by molar-refractivity contribution is -0.709. The number of nitrogens with two attached hydrogens (primary N) is 2. The van der Waals surface area contributed by atoms with Crippen LogP contribution < -0.4 is 11.1 Å². The molecule has 94 valence electrons. The van der Waals surface area contributed by atoms with E-state index >= 15 is 0 Å². The van der Waals surface area contributed by atoms with Gasteiger partial charge in [-0.1, -0.05) is 42.5 Å². The van der Waals surface area contributed by atoms with Gasteiger partial charge >= 0.3 is 0 Å². The van der Waals surface area contributed by atoms with Gasteiger partial charge in [0, 0.05) is 5.56 Å². The van der Waals surface area contributed by atoms with E-state index in [2.05, 4.69) is 37.3 Å². The molecular weight excluding hydrogens is 224 g/mol. The maximum atomic E-state index is 11.1. The summed E-state index contributed by atoms with van der Waals surface area (Å²) in [7, 11) is 0. The van der Waals surface area contributed by atoms with Crippen molar-refractivity contribution in [2.24, 2.45) is 5.73 Å². The Balaban J connectivity index is 2.33. The number of quaternary nitrogens is 1. The molecule has 0 unspecified atom stereocenters. The molecule has 2 rings (SSSR count). The van der Waals surface area contributed by atoms with Crippen LogP contribution in [0.5, 0.6) is 0 Å². The molecule has 2 atom stereocenters. The summed E-state index contributed by atoms with van der Waals surface area (Å²) in [6.07, 6.45) is 0. The molecule has 1 amide bonds. The second kappa shape index (κ2) is 5.19. The summed E-state index contributed by atoms with van der Waals surface area (Å²) >= 11 is 0. The zero-order valence-electron chi connectivity index (χ0n) is 10.8. The zero-order chi connectivity index (χ0) is 13.1. The van der Waals surface area contributed by atoms with Crippen LogP contribution in [0.4, 0.5) is 0 Å². The van der Waals surface area contributed by atoms with E-state index in [1.54, 1.807) is 0 Å². The molecule has 0 aliphatic heterocycles. The van der Waals surface area contributed by atoms with Crippen molar-refractivity contribution in [2.45, 2.75) is 25.9 Å². The number of amides is 1. The summed E-state index contributed by atoms with van der Waals surface area (Å²) in [6, 6.07) is 14.5. The first-order chi connectivity index (χ1) is 8.59. The van der Waals surface area contributed by atoms with Crippen molar-refractivity contribution in [1.29, 1.82) is 0 Å². The molecule has 2 aromatic carbocycles. The van der Waals surface area contributed by atoms with Crippen LogP contribution >= 0.6 is 0 Å². The Labute approximate surface area is 107 Å². The van der Waals surface area contributed by atoms with Crippen LogP contribution in [0.2, 0.25) is 0 Å². The highest BCUT2D eigenvalue weighted by Crippen LogP contribution is 2.22. The zero-order valence-corrected chi connectivity index (χ0v) is 10.8. The standard InChI is InChI=1S/C15H18N2O/c1-10(17-11(2)15(16)18)13-9-5-7-12-6-3-4-8-14(12)13/h3-11,17H,1-2H3,(H2,16,18)/p+1/t10-,11-/m1/s1. The van der Waals surface area contributed by atoms with E-state index < -0.39 is 0 Å². The number of fused-ring (bicyclic) bond motifs is 1. The summed E-state index contributed by atoms with van der Waals surface area (Å²) in [6.45, 7) is 3.94. The van der Waals surface area contributed by atoms with Crippen molar-refractivity contribution in [3.63, 3.8) is 0 Å². The second-order valence-corrected chi connectivity index (χ2v) is 4.74. The van der Waals surface area contributed by atoms with Crippen molar-refractivity contribution in [2.75, 3.05) is 0 Å². The van der Waals surface area contributed by atoms with Gasteiger partial charge in [0.1, 0.15) is 6.04 Å². The van der Waals surface area contributed by atoms with E-state index in [1.165, 1.54) is 16.3 Å². The molecule has 18 heavy (non-hydrogen) atoms. The van der Waals surface area contributed by atoms with Crippen LogP contribution in [-0.4, -0.2) is 11.9 Å². The van der Waals surface area contributed by atoms with Gasteiger partial charge in [-0.3, -0.25) is 4.79 Å². The van der Waals surface area contributed by atoms with Crippen LogP contribution in [0, 0.1) is 0 Å². The van der Waals surface area contributed by atoms with E-state index in [9.17, 15) is 4.79 Å². The minimum atomic E-state index is -0.276. The van der Waals surface area contributed by atoms with Crippen LogP contribution in [-0.2, 0) is 4.79 Å². The fourth-order valence-corrected chi connectivity index (χ4v) is 2.28. The molecule has 2 aromatic rings. The van der Waals surface area contributed by atoms with Gasteiger partial charge in [0.2, 0.25) is 0 Å². The third-order valence-corrected chi connectivity index (χ3v) is 3.34. The van der Waals surface area contributed by atoms with Crippen LogP contribution in [0.3, 0.4) is 0 Å². The Morgan fingerprint density at radius 1 is 1.11 bits per heavy atom. The smallest absolute Gasteiger partial charge is 0.275 e. The van der Waals surface area contributed by atoms with Crippen molar-refractivity contribution < 1.29 is 10.1 Å². The fourth-order valence-electron chi connectivity index (χ4n) is 2.28. The Morgan fingerprint density at radius 3 is 2.50 bits per heavy atom. The molecule has 0 spiro atoms. The minimum absolute atomic E-state index is 0.207. The number of primary amides is 1. The van der Waals surface area contributed by atoms with E-state index in [0.717, 1.165) is 0 Å². The first-order valence-electron chi connectivity index (χ1n) is 6.21. The average Bonchev–Trinajstić information content (AvgIpc) is 2.37. The number of hydrogen-bond acceptors (Lipinski definition) is 1. The molecule has 0 fully saturated rings. The largest absolute Gasteiger partial charge is 0.365 e. The maximum absolute atomic E-state index is 11.1. The van der Waals surface area contributed by atoms with Crippen molar-refractivity contribution >= 4 is 16.7 Å². The van der Waals surface area contributed by atoms with E-state index in [1.807, 2.05) is 24.4 Å². The monoisotopic (exact) mass is 243 g/mol. The predicted molar refractivity (Wildman–Crippen MR) is 72.9 cm³/mol. The van der Waals surface area contributed by atoms with Crippen LogP contribution in [0.15, 0.2) is 42.5 Å². The summed E-state index contributed by atoms with van der Waals surface area (Å²) < 4.78 is 0. The predicted octanol–water partition coefficient (Wildman–Crippen LogP) is 1.34. The maximum Gasteiger partial charge on any atom is 0.275 e. The molecule has 4 N–H and O–H groups in total. The Bertz CT molecular complexity index is 560. The molecule has 0 aromatic heterocycles. The fraction of sp³-hybridized carbons (Fsp3) is 0.267. The topological polar surface area (TPSA) is 59.7 Å². The molecular formula is C15H19N2O+. The lowest BCUT2D eigenvalue weighted by Crippen LogP contribution is -2.92. The van der Waals surface area contributed by atoms with Crippen molar-refractivity contribution in [1.82, 2.24) is 0 Å². The molecule has 0 bridgehead atoms. The van der Waals surface area contributed by atoms with Gasteiger partial charge in [0.15, 0.2) is 6.04 Å². The number of carbonyl (C=O) groups is 1. The summed E-state index contributed by atoms with van der Waals surface area (Å²) in [4.78, 5) is 11.1. The van der Waals surface area contributed by atoms with Gasteiger partial charge in [0.25, 0.3) is 5.91 Å². The van der Waals surface area contributed by atoms with Crippen LogP contribution in [0.1, 0.15) is 25.5 Å². The first kappa shape index (κ1) is 12.6. The van der Waals surface area contributed by atoms with Gasteiger partial charge < -0.3 is 11.1 Å². The Kier molecular flexibility index (Phi) is 3.63. The molecule has 0 aliphatic carbocycles. The van der Waals surface area contributed by atoms with Gasteiger partial charge in [0.05, 0.1) is 0 Å². The number of carbonyl (C=O) groups excluding carboxylic acids is 1. The highest BCUT2D eigenvalue weighted by molar-refractivity contribution is 5.86. The van der Waals surface area contributed by atoms with Gasteiger partial charge in [-0.25, -0.2) is 0 Å². The summed E-state index contributed by atoms with van der Waals surface area (Å²) in [5.41, 5.74) is 6.54. The highest BCUT2D eigenvalue weighted by atomic mass is 16.1. The molecule has 0 aliphatic rings. The molecule has 3 nitrogen and oxygen atoms in total. The molecule has 3 heteroatoms. The van der Waals surface area contributed by atoms with E-state index in [0.29, 0.717) is 0 Å². The Hall–Kier alpha value is -1.87.